The molecule has 0 aromatic heterocycles. The number of phenolic OH excluding ortho intramolecular Hbond substituents is 1. The molecule has 0 bridgehead atoms. The van der Waals surface area contributed by atoms with Crippen molar-refractivity contribution in [3.05, 3.63) is 64.1 Å². The van der Waals surface area contributed by atoms with Gasteiger partial charge in [0.25, 0.3) is 0 Å². The second-order valence-electron chi connectivity index (χ2n) is 3.71. The van der Waals surface area contributed by atoms with Crippen molar-refractivity contribution >= 4 is 21.9 Å². The van der Waals surface area contributed by atoms with Crippen LogP contribution in [0.15, 0.2) is 53.0 Å². The van der Waals surface area contributed by atoms with Crippen LogP contribution in [0.4, 0.5) is 0 Å². The number of ether oxygens (including phenoxy) is 1. The second kappa shape index (κ2) is 5.69. The third-order valence-corrected chi connectivity index (χ3v) is 3.19. The van der Waals surface area contributed by atoms with Crippen LogP contribution in [0.1, 0.15) is 15.9 Å². The number of phenols is 1. The number of rotatable bonds is 3. The fourth-order valence-electron chi connectivity index (χ4n) is 1.44. The molecule has 1 N–H and O–H groups in total. The number of halogens is 1. The van der Waals surface area contributed by atoms with E-state index >= 15 is 0 Å². The van der Waals surface area contributed by atoms with Crippen LogP contribution in [-0.4, -0.2) is 11.1 Å². The lowest BCUT2D eigenvalue weighted by molar-refractivity contribution is 0.0472. The SMILES string of the molecule is O=C(OCc1ccccc1Br)c1ccc(O)cc1. The molecule has 92 valence electrons. The van der Waals surface area contributed by atoms with E-state index in [1.807, 2.05) is 24.3 Å². The first-order valence-corrected chi connectivity index (χ1v) is 6.15. The van der Waals surface area contributed by atoms with Gasteiger partial charge in [0, 0.05) is 10.0 Å². The Morgan fingerprint density at radius 3 is 2.44 bits per heavy atom. The highest BCUT2D eigenvalue weighted by atomic mass is 79.9. The fraction of sp³-hybridized carbons (Fsp3) is 0.0714. The molecule has 0 unspecified atom stereocenters. The first-order chi connectivity index (χ1) is 8.66. The summed E-state index contributed by atoms with van der Waals surface area (Å²) in [5, 5.41) is 9.12. The summed E-state index contributed by atoms with van der Waals surface area (Å²) < 4.78 is 6.09. The fourth-order valence-corrected chi connectivity index (χ4v) is 1.84. The first kappa shape index (κ1) is 12.6. The van der Waals surface area contributed by atoms with Crippen LogP contribution in [0.2, 0.25) is 0 Å². The maximum Gasteiger partial charge on any atom is 0.338 e. The van der Waals surface area contributed by atoms with Gasteiger partial charge in [-0.25, -0.2) is 4.79 Å². The molecule has 2 aromatic rings. The van der Waals surface area contributed by atoms with Crippen LogP contribution in [0.5, 0.6) is 5.75 Å². The molecular formula is C14H11BrO3. The lowest BCUT2D eigenvalue weighted by atomic mass is 10.2. The van der Waals surface area contributed by atoms with Crippen molar-refractivity contribution in [1.29, 1.82) is 0 Å². The molecule has 2 aromatic carbocycles. The summed E-state index contributed by atoms with van der Waals surface area (Å²) in [5.41, 5.74) is 1.32. The molecule has 0 aliphatic rings. The summed E-state index contributed by atoms with van der Waals surface area (Å²) in [6, 6.07) is 13.5. The second-order valence-corrected chi connectivity index (χ2v) is 4.57. The van der Waals surface area contributed by atoms with Crippen molar-refractivity contribution in [3.8, 4) is 5.75 Å². The van der Waals surface area contributed by atoms with Crippen molar-refractivity contribution in [3.63, 3.8) is 0 Å². The van der Waals surface area contributed by atoms with Gasteiger partial charge < -0.3 is 9.84 Å². The number of carbonyl (C=O) groups is 1. The monoisotopic (exact) mass is 306 g/mol. The maximum atomic E-state index is 11.7. The summed E-state index contributed by atoms with van der Waals surface area (Å²) in [7, 11) is 0. The Balaban J connectivity index is 2.01. The quantitative estimate of drug-likeness (QED) is 0.883. The molecule has 2 rings (SSSR count). The summed E-state index contributed by atoms with van der Waals surface area (Å²) in [4.78, 5) is 11.7. The van der Waals surface area contributed by atoms with Crippen molar-refractivity contribution in [1.82, 2.24) is 0 Å². The predicted octanol–water partition coefficient (Wildman–Crippen LogP) is 3.51. The van der Waals surface area contributed by atoms with Crippen molar-refractivity contribution in [2.24, 2.45) is 0 Å². The third kappa shape index (κ3) is 3.11. The van der Waals surface area contributed by atoms with Crippen LogP contribution in [0, 0.1) is 0 Å². The van der Waals surface area contributed by atoms with Gasteiger partial charge in [-0.05, 0) is 30.3 Å². The molecule has 0 aliphatic heterocycles. The summed E-state index contributed by atoms with van der Waals surface area (Å²) >= 11 is 3.39. The molecule has 0 saturated carbocycles. The standard InChI is InChI=1S/C14H11BrO3/c15-13-4-2-1-3-11(13)9-18-14(17)10-5-7-12(16)8-6-10/h1-8,16H,9H2. The van der Waals surface area contributed by atoms with Gasteiger partial charge >= 0.3 is 5.97 Å². The van der Waals surface area contributed by atoms with Gasteiger partial charge in [-0.1, -0.05) is 34.1 Å². The van der Waals surface area contributed by atoms with E-state index in [-0.39, 0.29) is 12.4 Å². The van der Waals surface area contributed by atoms with Crippen LogP contribution in [0.3, 0.4) is 0 Å². The minimum atomic E-state index is -0.411. The Kier molecular flexibility index (Phi) is 3.99. The topological polar surface area (TPSA) is 46.5 Å². The van der Waals surface area contributed by atoms with Gasteiger partial charge in [0.1, 0.15) is 12.4 Å². The highest BCUT2D eigenvalue weighted by Gasteiger charge is 2.08. The van der Waals surface area contributed by atoms with E-state index in [0.29, 0.717) is 5.56 Å². The number of esters is 1. The molecule has 0 aliphatic carbocycles. The van der Waals surface area contributed by atoms with Crippen LogP contribution < -0.4 is 0 Å². The van der Waals surface area contributed by atoms with Gasteiger partial charge in [0.15, 0.2) is 0 Å². The number of carbonyl (C=O) groups excluding carboxylic acids is 1. The average molecular weight is 307 g/mol. The van der Waals surface area contributed by atoms with E-state index in [2.05, 4.69) is 15.9 Å². The van der Waals surface area contributed by atoms with Crippen molar-refractivity contribution in [2.45, 2.75) is 6.61 Å². The molecule has 3 nitrogen and oxygen atoms in total. The van der Waals surface area contributed by atoms with Gasteiger partial charge in [0.2, 0.25) is 0 Å². The maximum absolute atomic E-state index is 11.7. The van der Waals surface area contributed by atoms with E-state index < -0.39 is 5.97 Å². The molecule has 0 saturated heterocycles. The minimum absolute atomic E-state index is 0.123. The Bertz CT molecular complexity index is 549. The lowest BCUT2D eigenvalue weighted by Crippen LogP contribution is -2.05. The highest BCUT2D eigenvalue weighted by Crippen LogP contribution is 2.17. The third-order valence-electron chi connectivity index (χ3n) is 2.42. The van der Waals surface area contributed by atoms with Crippen molar-refractivity contribution < 1.29 is 14.6 Å². The number of benzene rings is 2. The van der Waals surface area contributed by atoms with Crippen LogP contribution in [-0.2, 0) is 11.3 Å². The summed E-state index contributed by atoms with van der Waals surface area (Å²) in [6.45, 7) is 0.209. The van der Waals surface area contributed by atoms with Crippen LogP contribution in [0.25, 0.3) is 0 Å². The van der Waals surface area contributed by atoms with Crippen LogP contribution >= 0.6 is 15.9 Å². The van der Waals surface area contributed by atoms with E-state index in [1.165, 1.54) is 24.3 Å². The number of aromatic hydroxyl groups is 1. The number of hydrogen-bond acceptors (Lipinski definition) is 3. The normalized spacial score (nSPS) is 10.1. The predicted molar refractivity (Wildman–Crippen MR) is 71.4 cm³/mol. The average Bonchev–Trinajstić information content (AvgIpc) is 2.38. The highest BCUT2D eigenvalue weighted by molar-refractivity contribution is 9.10. The van der Waals surface area contributed by atoms with Crippen molar-refractivity contribution in [2.75, 3.05) is 0 Å². The largest absolute Gasteiger partial charge is 0.508 e. The smallest absolute Gasteiger partial charge is 0.338 e. The Hall–Kier alpha value is -1.81. The molecule has 0 amide bonds. The van der Waals surface area contributed by atoms with E-state index in [1.54, 1.807) is 0 Å². The van der Waals surface area contributed by atoms with E-state index in [9.17, 15) is 4.79 Å². The molecule has 4 heteroatoms. The Morgan fingerprint density at radius 2 is 1.78 bits per heavy atom. The zero-order valence-electron chi connectivity index (χ0n) is 9.47. The molecule has 0 spiro atoms. The number of hydrogen-bond donors (Lipinski definition) is 1. The first-order valence-electron chi connectivity index (χ1n) is 5.36. The zero-order valence-corrected chi connectivity index (χ0v) is 11.1. The van der Waals surface area contributed by atoms with E-state index in [0.717, 1.165) is 10.0 Å². The Morgan fingerprint density at radius 1 is 1.11 bits per heavy atom. The minimum Gasteiger partial charge on any atom is -0.508 e. The Labute approximate surface area is 113 Å². The molecule has 0 fully saturated rings. The van der Waals surface area contributed by atoms with E-state index in [4.69, 9.17) is 9.84 Å². The summed E-state index contributed by atoms with van der Waals surface area (Å²) in [5.74, 6) is -0.289. The molecule has 0 heterocycles. The molecule has 0 atom stereocenters. The van der Waals surface area contributed by atoms with Gasteiger partial charge in [-0.3, -0.25) is 0 Å². The lowest BCUT2D eigenvalue weighted by Gasteiger charge is -2.06. The molecule has 0 radical (unpaired) electrons. The zero-order chi connectivity index (χ0) is 13.0. The summed E-state index contributed by atoms with van der Waals surface area (Å²) in [6.07, 6.45) is 0. The van der Waals surface area contributed by atoms with Gasteiger partial charge in [-0.2, -0.15) is 0 Å². The molecular weight excluding hydrogens is 296 g/mol. The molecule has 18 heavy (non-hydrogen) atoms. The van der Waals surface area contributed by atoms with Gasteiger partial charge in [-0.15, -0.1) is 0 Å². The van der Waals surface area contributed by atoms with Gasteiger partial charge in [0.05, 0.1) is 5.56 Å².